The van der Waals surface area contributed by atoms with E-state index in [9.17, 15) is 9.90 Å². The largest absolute Gasteiger partial charge is 0.476 e. The van der Waals surface area contributed by atoms with Crippen LogP contribution in [-0.4, -0.2) is 16.1 Å². The molecule has 7 heteroatoms. The molecule has 0 aliphatic carbocycles. The normalized spacial score (nSPS) is 10.8. The lowest BCUT2D eigenvalue weighted by molar-refractivity contribution is 0.0691. The lowest BCUT2D eigenvalue weighted by atomic mass is 10.1. The number of thiophene rings is 1. The van der Waals surface area contributed by atoms with Crippen LogP contribution >= 0.6 is 45.5 Å². The minimum Gasteiger partial charge on any atom is -0.476 e. The number of aromatic carboxylic acids is 1. The van der Waals surface area contributed by atoms with E-state index in [1.54, 1.807) is 18.2 Å². The first-order valence-electron chi connectivity index (χ1n) is 5.79. The monoisotopic (exact) mass is 431 g/mol. The Hall–Kier alpha value is -1.38. The van der Waals surface area contributed by atoms with Crippen LogP contribution in [0, 0.1) is 3.57 Å². The maximum absolute atomic E-state index is 11.4. The maximum atomic E-state index is 11.4. The Morgan fingerprint density at radius 2 is 2.19 bits per heavy atom. The van der Waals surface area contributed by atoms with Gasteiger partial charge in [0.05, 0.1) is 9.90 Å². The summed E-state index contributed by atoms with van der Waals surface area (Å²) in [5.41, 5.74) is 0.476. The van der Waals surface area contributed by atoms with Crippen LogP contribution in [-0.2, 0) is 0 Å². The van der Waals surface area contributed by atoms with E-state index < -0.39 is 5.97 Å². The van der Waals surface area contributed by atoms with Gasteiger partial charge in [-0.25, -0.2) is 9.78 Å². The predicted octanol–water partition coefficient (Wildman–Crippen LogP) is 5.03. The number of aromatic nitrogens is 1. The van der Waals surface area contributed by atoms with Crippen molar-refractivity contribution >= 4 is 51.5 Å². The maximum Gasteiger partial charge on any atom is 0.358 e. The van der Waals surface area contributed by atoms with E-state index in [2.05, 4.69) is 27.6 Å². The molecule has 106 valence electrons. The summed E-state index contributed by atoms with van der Waals surface area (Å²) in [5.74, 6) is -0.623. The Bertz CT molecular complexity index is 814. The van der Waals surface area contributed by atoms with Gasteiger partial charge in [-0.3, -0.25) is 0 Å². The Kier molecular flexibility index (Phi) is 4.01. The second-order valence-electron chi connectivity index (χ2n) is 4.11. The number of benzene rings is 1. The van der Waals surface area contributed by atoms with E-state index in [0.717, 1.165) is 8.45 Å². The zero-order valence-electron chi connectivity index (χ0n) is 10.3. The van der Waals surface area contributed by atoms with Crippen LogP contribution in [0.3, 0.4) is 0 Å². The molecule has 0 fully saturated rings. The number of carbonyl (C=O) groups is 1. The van der Waals surface area contributed by atoms with Crippen LogP contribution in [0.1, 0.15) is 10.5 Å². The standard InChI is InChI=1S/C14H7ClINO3S/c15-8-6-7(3-4-9(8)16)12-11(14(18)19)17-13(20-12)10-2-1-5-21-10/h1-6H,(H,18,19). The minimum absolute atomic E-state index is 0.115. The zero-order chi connectivity index (χ0) is 15.0. The molecule has 0 atom stereocenters. The topological polar surface area (TPSA) is 63.3 Å². The van der Waals surface area contributed by atoms with Gasteiger partial charge in [0.25, 0.3) is 0 Å². The quantitative estimate of drug-likeness (QED) is 0.591. The molecule has 3 aromatic rings. The third kappa shape index (κ3) is 2.83. The van der Waals surface area contributed by atoms with E-state index in [0.29, 0.717) is 16.5 Å². The lowest BCUT2D eigenvalue weighted by Crippen LogP contribution is -1.98. The van der Waals surface area contributed by atoms with Gasteiger partial charge in [-0.15, -0.1) is 11.3 Å². The summed E-state index contributed by atoms with van der Waals surface area (Å²) in [4.78, 5) is 16.2. The summed E-state index contributed by atoms with van der Waals surface area (Å²) in [7, 11) is 0. The minimum atomic E-state index is -1.13. The molecule has 0 spiro atoms. The van der Waals surface area contributed by atoms with E-state index in [1.807, 2.05) is 17.5 Å². The van der Waals surface area contributed by atoms with E-state index >= 15 is 0 Å². The Balaban J connectivity index is 2.16. The molecule has 0 unspecified atom stereocenters. The van der Waals surface area contributed by atoms with Crippen molar-refractivity contribution in [2.24, 2.45) is 0 Å². The molecule has 0 saturated carbocycles. The van der Waals surface area contributed by atoms with Crippen LogP contribution < -0.4 is 0 Å². The van der Waals surface area contributed by atoms with Crippen LogP contribution in [0.2, 0.25) is 5.02 Å². The van der Waals surface area contributed by atoms with Gasteiger partial charge in [0.15, 0.2) is 11.5 Å². The molecule has 3 rings (SSSR count). The lowest BCUT2D eigenvalue weighted by Gasteiger charge is -2.00. The summed E-state index contributed by atoms with van der Waals surface area (Å²) < 4.78 is 6.54. The second-order valence-corrected chi connectivity index (χ2v) is 6.63. The first-order chi connectivity index (χ1) is 10.1. The molecule has 2 heterocycles. The van der Waals surface area contributed by atoms with Gasteiger partial charge in [0, 0.05) is 9.13 Å². The number of nitrogens with zero attached hydrogens (tertiary/aromatic N) is 1. The number of rotatable bonds is 3. The van der Waals surface area contributed by atoms with Crippen molar-refractivity contribution in [2.75, 3.05) is 0 Å². The smallest absolute Gasteiger partial charge is 0.358 e. The van der Waals surface area contributed by atoms with Gasteiger partial charge in [-0.2, -0.15) is 0 Å². The molecule has 0 aliphatic heterocycles. The molecule has 21 heavy (non-hydrogen) atoms. The van der Waals surface area contributed by atoms with Crippen molar-refractivity contribution in [1.82, 2.24) is 4.98 Å². The van der Waals surface area contributed by atoms with E-state index in [4.69, 9.17) is 16.0 Å². The van der Waals surface area contributed by atoms with Gasteiger partial charge in [0.1, 0.15) is 0 Å². The van der Waals surface area contributed by atoms with Crippen LogP contribution in [0.4, 0.5) is 0 Å². The van der Waals surface area contributed by atoms with E-state index in [-0.39, 0.29) is 11.5 Å². The molecule has 0 aliphatic rings. The first-order valence-corrected chi connectivity index (χ1v) is 8.13. The number of hydrogen-bond donors (Lipinski definition) is 1. The Morgan fingerprint density at radius 3 is 2.81 bits per heavy atom. The van der Waals surface area contributed by atoms with Crippen LogP contribution in [0.5, 0.6) is 0 Å². The number of carboxylic acid groups (broad SMARTS) is 1. The molecule has 1 aromatic carbocycles. The number of oxazole rings is 1. The summed E-state index contributed by atoms with van der Waals surface area (Å²) in [6.45, 7) is 0. The van der Waals surface area contributed by atoms with Gasteiger partial charge in [-0.05, 0) is 52.2 Å². The second kappa shape index (κ2) is 5.78. The van der Waals surface area contributed by atoms with Gasteiger partial charge in [0.2, 0.25) is 5.89 Å². The molecular weight excluding hydrogens is 425 g/mol. The SMILES string of the molecule is O=C(O)c1nc(-c2cccs2)oc1-c1ccc(I)c(Cl)c1. The average Bonchev–Trinajstić information content (AvgIpc) is 3.09. The summed E-state index contributed by atoms with van der Waals surface area (Å²) in [6, 6.07) is 8.92. The summed E-state index contributed by atoms with van der Waals surface area (Å²) in [6.07, 6.45) is 0. The highest BCUT2D eigenvalue weighted by Crippen LogP contribution is 2.33. The predicted molar refractivity (Wildman–Crippen MR) is 89.9 cm³/mol. The van der Waals surface area contributed by atoms with Crippen molar-refractivity contribution in [2.45, 2.75) is 0 Å². The fourth-order valence-electron chi connectivity index (χ4n) is 1.80. The van der Waals surface area contributed by atoms with Crippen molar-refractivity contribution in [1.29, 1.82) is 0 Å². The molecule has 2 aromatic heterocycles. The molecule has 0 amide bonds. The van der Waals surface area contributed by atoms with Gasteiger partial charge >= 0.3 is 5.97 Å². The van der Waals surface area contributed by atoms with Crippen molar-refractivity contribution < 1.29 is 14.3 Å². The fourth-order valence-corrected chi connectivity index (χ4v) is 2.97. The average molecular weight is 432 g/mol. The van der Waals surface area contributed by atoms with Crippen molar-refractivity contribution in [3.63, 3.8) is 0 Å². The summed E-state index contributed by atoms with van der Waals surface area (Å²) >= 11 is 9.62. The van der Waals surface area contributed by atoms with Crippen molar-refractivity contribution in [3.8, 4) is 22.1 Å². The summed E-state index contributed by atoms with van der Waals surface area (Å²) in [5, 5.41) is 11.7. The fraction of sp³-hybridized carbons (Fsp3) is 0. The zero-order valence-corrected chi connectivity index (χ0v) is 14.1. The molecule has 0 saturated heterocycles. The third-order valence-electron chi connectivity index (χ3n) is 2.74. The highest BCUT2D eigenvalue weighted by Gasteiger charge is 2.22. The highest BCUT2D eigenvalue weighted by molar-refractivity contribution is 14.1. The van der Waals surface area contributed by atoms with Gasteiger partial charge < -0.3 is 9.52 Å². The number of hydrogen-bond acceptors (Lipinski definition) is 4. The molecule has 4 nitrogen and oxygen atoms in total. The van der Waals surface area contributed by atoms with E-state index in [1.165, 1.54) is 11.3 Å². The third-order valence-corrected chi connectivity index (χ3v) is 5.17. The van der Waals surface area contributed by atoms with Crippen LogP contribution in [0.25, 0.3) is 22.1 Å². The molecular formula is C14H7ClINO3S. The highest BCUT2D eigenvalue weighted by atomic mass is 127. The number of carboxylic acids is 1. The molecule has 1 N–H and O–H groups in total. The Morgan fingerprint density at radius 1 is 1.38 bits per heavy atom. The number of halogens is 2. The van der Waals surface area contributed by atoms with Crippen LogP contribution in [0.15, 0.2) is 40.1 Å². The molecule has 0 bridgehead atoms. The Labute approximate surface area is 142 Å². The molecule has 0 radical (unpaired) electrons. The van der Waals surface area contributed by atoms with Gasteiger partial charge in [-0.1, -0.05) is 17.7 Å². The first kappa shape index (κ1) is 14.6. The van der Waals surface area contributed by atoms with Crippen molar-refractivity contribution in [3.05, 3.63) is 50.0 Å².